The smallest absolute Gasteiger partial charge is 0.155 e. The van der Waals surface area contributed by atoms with Crippen molar-refractivity contribution in [2.24, 2.45) is 5.92 Å². The van der Waals surface area contributed by atoms with E-state index < -0.39 is 0 Å². The molecule has 0 aromatic rings. The molecule has 0 bridgehead atoms. The molecule has 0 rings (SSSR count). The molecule has 1 N–H and O–H groups in total. The molecule has 88 valence electrons. The van der Waals surface area contributed by atoms with E-state index in [0.29, 0.717) is 5.78 Å². The van der Waals surface area contributed by atoms with Crippen molar-refractivity contribution in [2.45, 2.75) is 52.5 Å². The molecule has 0 saturated carbocycles. The first-order valence-corrected chi connectivity index (χ1v) is 5.88. The standard InChI is InChI=1S/C13H25NO/c1-6-8-9-10-13(5,14-7-2)12(15)11(3)4/h6,11,14H,1,7-10H2,2-5H3/t13-/m0/s1. The lowest BCUT2D eigenvalue weighted by atomic mass is 9.84. The Hall–Kier alpha value is -0.630. The van der Waals surface area contributed by atoms with Crippen LogP contribution in [0.2, 0.25) is 0 Å². The first-order chi connectivity index (χ1) is 6.98. The van der Waals surface area contributed by atoms with Crippen molar-refractivity contribution in [3.05, 3.63) is 12.7 Å². The first-order valence-electron chi connectivity index (χ1n) is 5.88. The van der Waals surface area contributed by atoms with Crippen molar-refractivity contribution < 1.29 is 4.79 Å². The molecule has 2 nitrogen and oxygen atoms in total. The van der Waals surface area contributed by atoms with Gasteiger partial charge in [-0.15, -0.1) is 6.58 Å². The summed E-state index contributed by atoms with van der Waals surface area (Å²) < 4.78 is 0. The number of allylic oxidation sites excluding steroid dienone is 1. The van der Waals surface area contributed by atoms with Gasteiger partial charge in [0, 0.05) is 5.92 Å². The second-order valence-corrected chi connectivity index (χ2v) is 4.56. The number of rotatable bonds is 8. The molecular weight excluding hydrogens is 186 g/mol. The van der Waals surface area contributed by atoms with Crippen LogP contribution < -0.4 is 5.32 Å². The molecule has 0 aromatic heterocycles. The van der Waals surface area contributed by atoms with Crippen molar-refractivity contribution in [1.29, 1.82) is 0 Å². The van der Waals surface area contributed by atoms with Gasteiger partial charge in [0.15, 0.2) is 5.78 Å². The minimum atomic E-state index is -0.355. The van der Waals surface area contributed by atoms with E-state index in [2.05, 4.69) is 11.9 Å². The number of carbonyl (C=O) groups excluding carboxylic acids is 1. The quantitative estimate of drug-likeness (QED) is 0.494. The summed E-state index contributed by atoms with van der Waals surface area (Å²) in [6.07, 6.45) is 4.80. The Morgan fingerprint density at radius 1 is 1.53 bits per heavy atom. The van der Waals surface area contributed by atoms with Crippen LogP contribution in [-0.4, -0.2) is 17.9 Å². The third-order valence-corrected chi connectivity index (χ3v) is 2.72. The van der Waals surface area contributed by atoms with Gasteiger partial charge < -0.3 is 5.32 Å². The Morgan fingerprint density at radius 2 is 2.13 bits per heavy atom. The SMILES string of the molecule is C=CCCC[C@](C)(NCC)C(=O)C(C)C. The Bertz CT molecular complexity index is 211. The maximum atomic E-state index is 12.1. The number of carbonyl (C=O) groups is 1. The van der Waals surface area contributed by atoms with Crippen molar-refractivity contribution in [2.75, 3.05) is 6.54 Å². The van der Waals surface area contributed by atoms with Crippen LogP contribution in [0, 0.1) is 5.92 Å². The monoisotopic (exact) mass is 211 g/mol. The molecule has 0 aromatic carbocycles. The van der Waals surface area contributed by atoms with Crippen molar-refractivity contribution in [3.8, 4) is 0 Å². The molecule has 15 heavy (non-hydrogen) atoms. The van der Waals surface area contributed by atoms with E-state index in [1.54, 1.807) is 0 Å². The number of hydrogen-bond donors (Lipinski definition) is 1. The van der Waals surface area contributed by atoms with Crippen LogP contribution in [0.5, 0.6) is 0 Å². The predicted molar refractivity (Wildman–Crippen MR) is 66.0 cm³/mol. The highest BCUT2D eigenvalue weighted by atomic mass is 16.1. The number of likely N-dealkylation sites (N-methyl/N-ethyl adjacent to an activating group) is 1. The normalized spacial score (nSPS) is 15.0. The lowest BCUT2D eigenvalue weighted by Crippen LogP contribution is -2.51. The van der Waals surface area contributed by atoms with Gasteiger partial charge in [0.1, 0.15) is 0 Å². The highest BCUT2D eigenvalue weighted by Crippen LogP contribution is 2.19. The molecule has 0 unspecified atom stereocenters. The average Bonchev–Trinajstić information content (AvgIpc) is 2.17. The fraction of sp³-hybridized carbons (Fsp3) is 0.769. The van der Waals surface area contributed by atoms with Gasteiger partial charge in [-0.05, 0) is 32.7 Å². The Kier molecular flexibility index (Phi) is 6.50. The molecule has 0 spiro atoms. The molecule has 2 heteroatoms. The summed E-state index contributed by atoms with van der Waals surface area (Å²) in [6, 6.07) is 0. The summed E-state index contributed by atoms with van der Waals surface area (Å²) in [5, 5.41) is 3.32. The van der Waals surface area contributed by atoms with Crippen LogP contribution in [0.1, 0.15) is 47.0 Å². The topological polar surface area (TPSA) is 29.1 Å². The number of nitrogens with one attached hydrogen (secondary N) is 1. The maximum Gasteiger partial charge on any atom is 0.155 e. The van der Waals surface area contributed by atoms with Gasteiger partial charge in [0.2, 0.25) is 0 Å². The van der Waals surface area contributed by atoms with Crippen LogP contribution in [-0.2, 0) is 4.79 Å². The van der Waals surface area contributed by atoms with E-state index in [4.69, 9.17) is 0 Å². The largest absolute Gasteiger partial charge is 0.305 e. The molecule has 0 radical (unpaired) electrons. The zero-order valence-corrected chi connectivity index (χ0v) is 10.6. The van der Waals surface area contributed by atoms with Crippen LogP contribution in [0.25, 0.3) is 0 Å². The van der Waals surface area contributed by atoms with Crippen LogP contribution >= 0.6 is 0 Å². The van der Waals surface area contributed by atoms with E-state index >= 15 is 0 Å². The van der Waals surface area contributed by atoms with Gasteiger partial charge in [-0.25, -0.2) is 0 Å². The Morgan fingerprint density at radius 3 is 2.53 bits per heavy atom. The first kappa shape index (κ1) is 14.4. The molecule has 0 aliphatic rings. The predicted octanol–water partition coefficient (Wildman–Crippen LogP) is 2.94. The summed E-state index contributed by atoms with van der Waals surface area (Å²) in [7, 11) is 0. The number of Topliss-reactive ketones (excluding diaryl/α,β-unsaturated/α-hetero) is 1. The van der Waals surface area contributed by atoms with E-state index in [1.165, 1.54) is 0 Å². The van der Waals surface area contributed by atoms with Gasteiger partial charge in [0.05, 0.1) is 5.54 Å². The highest BCUT2D eigenvalue weighted by molar-refractivity contribution is 5.89. The van der Waals surface area contributed by atoms with Gasteiger partial charge in [-0.2, -0.15) is 0 Å². The number of ketones is 1. The number of hydrogen-bond acceptors (Lipinski definition) is 2. The molecular formula is C13H25NO. The minimum absolute atomic E-state index is 0.0952. The third kappa shape index (κ3) is 4.61. The van der Waals surface area contributed by atoms with E-state index in [9.17, 15) is 4.79 Å². The molecule has 1 atom stereocenters. The third-order valence-electron chi connectivity index (χ3n) is 2.72. The summed E-state index contributed by atoms with van der Waals surface area (Å²) in [6.45, 7) is 12.5. The van der Waals surface area contributed by atoms with Gasteiger partial charge in [-0.1, -0.05) is 26.8 Å². The summed E-state index contributed by atoms with van der Waals surface area (Å²) >= 11 is 0. The lowest BCUT2D eigenvalue weighted by molar-refractivity contribution is -0.128. The fourth-order valence-electron chi connectivity index (χ4n) is 1.93. The minimum Gasteiger partial charge on any atom is -0.305 e. The zero-order chi connectivity index (χ0) is 11.9. The summed E-state index contributed by atoms with van der Waals surface area (Å²) in [5.41, 5.74) is -0.355. The van der Waals surface area contributed by atoms with E-state index in [-0.39, 0.29) is 11.5 Å². The van der Waals surface area contributed by atoms with Crippen molar-refractivity contribution in [1.82, 2.24) is 5.32 Å². The van der Waals surface area contributed by atoms with Crippen LogP contribution in [0.4, 0.5) is 0 Å². The summed E-state index contributed by atoms with van der Waals surface area (Å²) in [5.74, 6) is 0.409. The van der Waals surface area contributed by atoms with Gasteiger partial charge in [-0.3, -0.25) is 4.79 Å². The Labute approximate surface area is 94.1 Å². The maximum absolute atomic E-state index is 12.1. The molecule has 0 aliphatic heterocycles. The molecule has 0 aliphatic carbocycles. The van der Waals surface area contributed by atoms with E-state index in [1.807, 2.05) is 33.8 Å². The van der Waals surface area contributed by atoms with Crippen LogP contribution in [0.3, 0.4) is 0 Å². The van der Waals surface area contributed by atoms with Gasteiger partial charge in [0.25, 0.3) is 0 Å². The van der Waals surface area contributed by atoms with Gasteiger partial charge >= 0.3 is 0 Å². The average molecular weight is 211 g/mol. The molecule has 0 amide bonds. The number of unbranched alkanes of at least 4 members (excludes halogenated alkanes) is 1. The van der Waals surface area contributed by atoms with E-state index in [0.717, 1.165) is 25.8 Å². The van der Waals surface area contributed by atoms with Crippen LogP contribution in [0.15, 0.2) is 12.7 Å². The second-order valence-electron chi connectivity index (χ2n) is 4.56. The Balaban J connectivity index is 4.42. The lowest BCUT2D eigenvalue weighted by Gasteiger charge is -2.30. The molecule has 0 heterocycles. The fourth-order valence-corrected chi connectivity index (χ4v) is 1.93. The van der Waals surface area contributed by atoms with Crippen molar-refractivity contribution >= 4 is 5.78 Å². The molecule has 0 fully saturated rings. The highest BCUT2D eigenvalue weighted by Gasteiger charge is 2.32. The van der Waals surface area contributed by atoms with Crippen molar-refractivity contribution in [3.63, 3.8) is 0 Å². The second kappa shape index (κ2) is 6.78. The summed E-state index contributed by atoms with van der Waals surface area (Å²) in [4.78, 5) is 12.1. The molecule has 0 saturated heterocycles. The zero-order valence-electron chi connectivity index (χ0n) is 10.6.